The van der Waals surface area contributed by atoms with E-state index in [0.29, 0.717) is 11.3 Å². The van der Waals surface area contributed by atoms with Crippen LogP contribution in [0.5, 0.6) is 0 Å². The van der Waals surface area contributed by atoms with Gasteiger partial charge in [-0.25, -0.2) is 0 Å². The van der Waals surface area contributed by atoms with E-state index in [-0.39, 0.29) is 24.2 Å². The molecule has 1 aromatic rings. The summed E-state index contributed by atoms with van der Waals surface area (Å²) in [6.07, 6.45) is 0. The molecule has 72 valence electrons. The third kappa shape index (κ3) is 2.48. The molecule has 0 radical (unpaired) electrons. The first kappa shape index (κ1) is 5.69. The molecular formula is C12H19N. The molecule has 0 N–H and O–H groups in total. The molecule has 0 aliphatic heterocycles. The maximum Gasteiger partial charge on any atom is 0.0645 e. The zero-order chi connectivity index (χ0) is 13.5. The Bertz CT molecular complexity index is 418. The Balaban J connectivity index is 3.71. The van der Waals surface area contributed by atoms with E-state index < -0.39 is 5.41 Å². The quantitative estimate of drug-likeness (QED) is 0.643. The number of rotatable bonds is 1. The van der Waals surface area contributed by atoms with Gasteiger partial charge in [0.05, 0.1) is 5.48 Å². The van der Waals surface area contributed by atoms with Crippen molar-refractivity contribution in [3.8, 4) is 0 Å². The number of hydrogen-bond acceptors (Lipinski definition) is 1. The van der Waals surface area contributed by atoms with Gasteiger partial charge in [0.25, 0.3) is 0 Å². The van der Waals surface area contributed by atoms with Crippen molar-refractivity contribution in [1.82, 2.24) is 0 Å². The molecular weight excluding hydrogens is 158 g/mol. The molecule has 0 aliphatic carbocycles. The Morgan fingerprint density at radius 2 is 1.54 bits per heavy atom. The van der Waals surface area contributed by atoms with E-state index in [2.05, 4.69) is 0 Å². The molecule has 0 fully saturated rings. The van der Waals surface area contributed by atoms with Crippen molar-refractivity contribution in [3.05, 3.63) is 29.7 Å². The average Bonchev–Trinajstić information content (AvgIpc) is 2.12. The normalized spacial score (nSPS) is 15.8. The first-order valence-electron chi connectivity index (χ1n) is 6.37. The van der Waals surface area contributed by atoms with Crippen LogP contribution in [0.2, 0.25) is 0 Å². The zero-order valence-corrected chi connectivity index (χ0v) is 8.95. The molecule has 0 aromatic heterocycles. The molecule has 0 aliphatic rings. The maximum atomic E-state index is 8.01. The molecule has 0 saturated heterocycles. The fourth-order valence-corrected chi connectivity index (χ4v) is 0.905. The van der Waals surface area contributed by atoms with E-state index >= 15 is 0 Å². The van der Waals surface area contributed by atoms with Gasteiger partial charge in [0.1, 0.15) is 0 Å². The second kappa shape index (κ2) is 3.41. The first-order chi connectivity index (χ1) is 7.59. The predicted octanol–water partition coefficient (Wildman–Crippen LogP) is 3.05. The fourth-order valence-electron chi connectivity index (χ4n) is 0.905. The van der Waals surface area contributed by atoms with Gasteiger partial charge in [0, 0.05) is 19.8 Å². The first-order valence-corrected chi connectivity index (χ1v) is 4.37. The van der Waals surface area contributed by atoms with Crippen LogP contribution in [0.25, 0.3) is 0 Å². The number of hydrogen-bond donors (Lipinski definition) is 0. The molecule has 0 spiro atoms. The van der Waals surface area contributed by atoms with E-state index in [1.165, 1.54) is 0 Å². The van der Waals surface area contributed by atoms with Crippen molar-refractivity contribution in [2.24, 2.45) is 0 Å². The van der Waals surface area contributed by atoms with Crippen molar-refractivity contribution in [1.29, 1.82) is 0 Å². The molecule has 1 nitrogen and oxygen atoms in total. The summed E-state index contributed by atoms with van der Waals surface area (Å²) in [6, 6.07) is 0.172. The van der Waals surface area contributed by atoms with E-state index in [1.807, 2.05) is 20.8 Å². The maximum absolute atomic E-state index is 8.01. The minimum atomic E-state index is -0.398. The molecule has 0 heterocycles. The third-order valence-electron chi connectivity index (χ3n) is 1.81. The standard InChI is InChI=1S/C12H19N/c1-12(2,3)10-6-8-11(9-7-10)13(4)5/h6-9H,1-5H3/i6D,7D,8D,9D. The molecule has 0 amide bonds. The van der Waals surface area contributed by atoms with Gasteiger partial charge in [-0.05, 0) is 23.1 Å². The fraction of sp³-hybridized carbons (Fsp3) is 0.500. The topological polar surface area (TPSA) is 3.24 Å². The van der Waals surface area contributed by atoms with E-state index in [9.17, 15) is 0 Å². The number of nitrogens with zero attached hydrogens (tertiary/aromatic N) is 1. The predicted molar refractivity (Wildman–Crippen MR) is 59.5 cm³/mol. The van der Waals surface area contributed by atoms with Crippen LogP contribution in [-0.2, 0) is 5.41 Å². The summed E-state index contributed by atoms with van der Waals surface area (Å²) in [5.41, 5.74) is 0.413. The van der Waals surface area contributed by atoms with Crippen LogP contribution in [0.1, 0.15) is 31.8 Å². The Kier molecular flexibility index (Phi) is 1.49. The highest BCUT2D eigenvalue weighted by Gasteiger charge is 2.12. The van der Waals surface area contributed by atoms with Crippen molar-refractivity contribution in [3.63, 3.8) is 0 Å². The largest absolute Gasteiger partial charge is 0.378 e. The van der Waals surface area contributed by atoms with Gasteiger partial charge in [-0.3, -0.25) is 0 Å². The smallest absolute Gasteiger partial charge is 0.0645 e. The number of anilines is 1. The SMILES string of the molecule is [2H]c1c([2H])c(C(C)(C)C)c([2H])c([2H])c1N(C)C. The van der Waals surface area contributed by atoms with E-state index in [1.54, 1.807) is 19.0 Å². The highest BCUT2D eigenvalue weighted by molar-refractivity contribution is 5.47. The van der Waals surface area contributed by atoms with Crippen LogP contribution in [0.3, 0.4) is 0 Å². The molecule has 1 rings (SSSR count). The van der Waals surface area contributed by atoms with Crippen LogP contribution in [0, 0.1) is 0 Å². The second-order valence-electron chi connectivity index (χ2n) is 4.37. The lowest BCUT2D eigenvalue weighted by molar-refractivity contribution is 0.590. The summed E-state index contributed by atoms with van der Waals surface area (Å²) in [7, 11) is 3.45. The molecule has 0 unspecified atom stereocenters. The van der Waals surface area contributed by atoms with E-state index in [4.69, 9.17) is 5.48 Å². The molecule has 0 bridgehead atoms. The lowest BCUT2D eigenvalue weighted by atomic mass is 9.87. The molecule has 0 saturated carbocycles. The highest BCUT2D eigenvalue weighted by Crippen LogP contribution is 2.23. The summed E-state index contributed by atoms with van der Waals surface area (Å²) < 4.78 is 31.9. The van der Waals surface area contributed by atoms with E-state index in [0.717, 1.165) is 0 Å². The van der Waals surface area contributed by atoms with Crippen LogP contribution >= 0.6 is 0 Å². The minimum Gasteiger partial charge on any atom is -0.378 e. The monoisotopic (exact) mass is 181 g/mol. The summed E-state index contributed by atoms with van der Waals surface area (Å²) in [5.74, 6) is 0. The van der Waals surface area contributed by atoms with Gasteiger partial charge in [-0.2, -0.15) is 0 Å². The van der Waals surface area contributed by atoms with Gasteiger partial charge in [-0.15, -0.1) is 0 Å². The summed E-state index contributed by atoms with van der Waals surface area (Å²) >= 11 is 0. The lowest BCUT2D eigenvalue weighted by Crippen LogP contribution is -2.12. The summed E-state index contributed by atoms with van der Waals surface area (Å²) in [6.45, 7) is 5.69. The summed E-state index contributed by atoms with van der Waals surface area (Å²) in [5, 5.41) is 0. The van der Waals surface area contributed by atoms with Gasteiger partial charge < -0.3 is 4.90 Å². The zero-order valence-electron chi connectivity index (χ0n) is 12.9. The van der Waals surface area contributed by atoms with Gasteiger partial charge in [0.15, 0.2) is 0 Å². The van der Waals surface area contributed by atoms with Crippen molar-refractivity contribution >= 4 is 5.69 Å². The second-order valence-corrected chi connectivity index (χ2v) is 4.37. The molecule has 13 heavy (non-hydrogen) atoms. The van der Waals surface area contributed by atoms with Crippen molar-refractivity contribution < 1.29 is 5.48 Å². The van der Waals surface area contributed by atoms with Gasteiger partial charge >= 0.3 is 0 Å². The van der Waals surface area contributed by atoms with Crippen molar-refractivity contribution in [2.75, 3.05) is 19.0 Å². The average molecular weight is 181 g/mol. The van der Waals surface area contributed by atoms with Crippen LogP contribution in [0.15, 0.2) is 24.2 Å². The summed E-state index contributed by atoms with van der Waals surface area (Å²) in [4.78, 5) is 1.62. The van der Waals surface area contributed by atoms with Crippen molar-refractivity contribution in [2.45, 2.75) is 26.2 Å². The van der Waals surface area contributed by atoms with Crippen LogP contribution < -0.4 is 4.90 Å². The highest BCUT2D eigenvalue weighted by atomic mass is 15.1. The Morgan fingerprint density at radius 3 is 1.85 bits per heavy atom. The Hall–Kier alpha value is -0.980. The van der Waals surface area contributed by atoms with Gasteiger partial charge in [-0.1, -0.05) is 32.9 Å². The minimum absolute atomic E-state index is 0.0286. The van der Waals surface area contributed by atoms with Crippen LogP contribution in [-0.4, -0.2) is 14.1 Å². The lowest BCUT2D eigenvalue weighted by Gasteiger charge is -2.20. The Labute approximate surface area is 87.0 Å². The Morgan fingerprint density at radius 1 is 1.08 bits per heavy atom. The third-order valence-corrected chi connectivity index (χ3v) is 1.81. The molecule has 1 aromatic carbocycles. The van der Waals surface area contributed by atoms with Gasteiger partial charge in [0.2, 0.25) is 0 Å². The molecule has 1 heteroatoms. The van der Waals surface area contributed by atoms with Crippen LogP contribution in [0.4, 0.5) is 5.69 Å². The molecule has 0 atom stereocenters. The number of benzene rings is 1.